The second-order valence-electron chi connectivity index (χ2n) is 5.29. The van der Waals surface area contributed by atoms with Crippen LogP contribution >= 0.6 is 0 Å². The quantitative estimate of drug-likeness (QED) is 0.346. The van der Waals surface area contributed by atoms with E-state index in [2.05, 4.69) is 44.3 Å². The lowest BCUT2D eigenvalue weighted by Gasteiger charge is -2.07. The maximum atomic E-state index is 4.18. The third kappa shape index (κ3) is 6.42. The van der Waals surface area contributed by atoms with Gasteiger partial charge in [-0.15, -0.1) is 6.58 Å². The lowest BCUT2D eigenvalue weighted by molar-refractivity contribution is 0.667. The molecule has 0 bridgehead atoms. The van der Waals surface area contributed by atoms with E-state index in [1.807, 2.05) is 6.08 Å². The van der Waals surface area contributed by atoms with E-state index in [-0.39, 0.29) is 0 Å². The van der Waals surface area contributed by atoms with Gasteiger partial charge < -0.3 is 0 Å². The van der Waals surface area contributed by atoms with Crippen molar-refractivity contribution in [2.24, 2.45) is 0 Å². The summed E-state index contributed by atoms with van der Waals surface area (Å²) in [6.07, 6.45) is 11.8. The van der Waals surface area contributed by atoms with E-state index in [0.29, 0.717) is 0 Å². The van der Waals surface area contributed by atoms with Gasteiger partial charge in [0.05, 0.1) is 0 Å². The number of benzene rings is 1. The van der Waals surface area contributed by atoms with Crippen molar-refractivity contribution in [1.82, 2.24) is 0 Å². The van der Waals surface area contributed by atoms with Crippen molar-refractivity contribution in [3.05, 3.63) is 54.6 Å². The highest BCUT2D eigenvalue weighted by atomic mass is 14.0. The summed E-state index contributed by atoms with van der Waals surface area (Å²) in [5, 5.41) is 0. The van der Waals surface area contributed by atoms with Crippen molar-refractivity contribution >= 4 is 5.57 Å². The summed E-state index contributed by atoms with van der Waals surface area (Å²) in [5.74, 6) is 0. The summed E-state index contributed by atoms with van der Waals surface area (Å²) in [6.45, 7) is 10.2. The first kappa shape index (κ1) is 15.8. The maximum absolute atomic E-state index is 4.18. The summed E-state index contributed by atoms with van der Waals surface area (Å²) in [7, 11) is 0. The van der Waals surface area contributed by atoms with Crippen molar-refractivity contribution in [2.75, 3.05) is 0 Å². The lowest BCUT2D eigenvalue weighted by Crippen LogP contribution is -1.88. The van der Waals surface area contributed by atoms with Gasteiger partial charge in [-0.1, -0.05) is 63.1 Å². The maximum Gasteiger partial charge on any atom is -0.0230 e. The number of allylic oxidation sites excluding steroid dienone is 2. The molecule has 0 heterocycles. The molecular formula is C19H28. The van der Waals surface area contributed by atoms with E-state index < -0.39 is 0 Å². The van der Waals surface area contributed by atoms with Crippen LogP contribution in [0, 0.1) is 0 Å². The first-order valence-electron chi connectivity index (χ1n) is 7.66. The topological polar surface area (TPSA) is 0 Å². The largest absolute Gasteiger partial charge is 0.103 e. The summed E-state index contributed by atoms with van der Waals surface area (Å²) in [6, 6.07) is 8.98. The van der Waals surface area contributed by atoms with Crippen molar-refractivity contribution in [1.29, 1.82) is 0 Å². The van der Waals surface area contributed by atoms with Crippen molar-refractivity contribution in [2.45, 2.75) is 58.3 Å². The van der Waals surface area contributed by atoms with E-state index >= 15 is 0 Å². The third-order valence-corrected chi connectivity index (χ3v) is 3.57. The number of aryl methyl sites for hydroxylation is 1. The van der Waals surface area contributed by atoms with Gasteiger partial charge in [-0.25, -0.2) is 0 Å². The first-order chi connectivity index (χ1) is 9.27. The third-order valence-electron chi connectivity index (χ3n) is 3.57. The minimum atomic E-state index is 1.07. The normalized spacial score (nSPS) is 10.4. The van der Waals surface area contributed by atoms with E-state index in [4.69, 9.17) is 0 Å². The van der Waals surface area contributed by atoms with Crippen LogP contribution in [0.25, 0.3) is 5.57 Å². The Labute approximate surface area is 119 Å². The summed E-state index contributed by atoms with van der Waals surface area (Å²) in [4.78, 5) is 0. The van der Waals surface area contributed by atoms with Crippen LogP contribution in [0.3, 0.4) is 0 Å². The monoisotopic (exact) mass is 256 g/mol. The van der Waals surface area contributed by atoms with E-state index in [0.717, 1.165) is 19.3 Å². The molecule has 0 N–H and O–H groups in total. The molecule has 1 aromatic rings. The lowest BCUT2D eigenvalue weighted by atomic mass is 9.99. The number of hydrogen-bond donors (Lipinski definition) is 0. The fourth-order valence-corrected chi connectivity index (χ4v) is 2.27. The molecule has 0 atom stereocenters. The molecule has 0 amide bonds. The average molecular weight is 256 g/mol. The molecule has 0 aliphatic heterocycles. The SMILES string of the molecule is C=CCCCC(=C)c1ccc(CCCCCC)cc1. The van der Waals surface area contributed by atoms with Gasteiger partial charge in [0, 0.05) is 0 Å². The minimum absolute atomic E-state index is 1.07. The van der Waals surface area contributed by atoms with Gasteiger partial charge in [0.15, 0.2) is 0 Å². The molecule has 0 aliphatic rings. The number of hydrogen-bond acceptors (Lipinski definition) is 0. The van der Waals surface area contributed by atoms with Crippen LogP contribution in [0.1, 0.15) is 63.0 Å². The zero-order valence-electron chi connectivity index (χ0n) is 12.5. The Kier molecular flexibility index (Phi) is 7.97. The standard InChI is InChI=1S/C19H28/c1-4-6-8-10-12-18-13-15-19(16-14-18)17(3)11-9-7-5-2/h5,13-16H,2-4,6-12H2,1H3. The molecule has 19 heavy (non-hydrogen) atoms. The van der Waals surface area contributed by atoms with Crippen LogP contribution in [-0.2, 0) is 6.42 Å². The Balaban J connectivity index is 2.37. The van der Waals surface area contributed by atoms with Crippen molar-refractivity contribution in [3.8, 4) is 0 Å². The van der Waals surface area contributed by atoms with E-state index in [9.17, 15) is 0 Å². The molecule has 0 spiro atoms. The zero-order chi connectivity index (χ0) is 13.9. The highest BCUT2D eigenvalue weighted by molar-refractivity contribution is 5.63. The molecule has 0 aliphatic carbocycles. The highest BCUT2D eigenvalue weighted by Crippen LogP contribution is 2.20. The number of unbranched alkanes of at least 4 members (excludes halogenated alkanes) is 4. The van der Waals surface area contributed by atoms with Gasteiger partial charge in [-0.3, -0.25) is 0 Å². The molecule has 104 valence electrons. The van der Waals surface area contributed by atoms with Gasteiger partial charge in [0.1, 0.15) is 0 Å². The zero-order valence-corrected chi connectivity index (χ0v) is 12.5. The van der Waals surface area contributed by atoms with Crippen LogP contribution in [0.15, 0.2) is 43.5 Å². The van der Waals surface area contributed by atoms with Crippen molar-refractivity contribution in [3.63, 3.8) is 0 Å². The van der Waals surface area contributed by atoms with Gasteiger partial charge in [0.2, 0.25) is 0 Å². The van der Waals surface area contributed by atoms with Crippen molar-refractivity contribution < 1.29 is 0 Å². The average Bonchev–Trinajstić information content (AvgIpc) is 2.44. The molecule has 0 saturated heterocycles. The van der Waals surface area contributed by atoms with Gasteiger partial charge >= 0.3 is 0 Å². The second kappa shape index (κ2) is 9.61. The van der Waals surface area contributed by atoms with Gasteiger partial charge in [0.25, 0.3) is 0 Å². The molecule has 0 saturated carbocycles. The summed E-state index contributed by atoms with van der Waals surface area (Å²) >= 11 is 0. The molecule has 0 nitrogen and oxygen atoms in total. The van der Waals surface area contributed by atoms with Gasteiger partial charge in [-0.2, -0.15) is 0 Å². The van der Waals surface area contributed by atoms with Crippen LogP contribution in [0.2, 0.25) is 0 Å². The predicted molar refractivity (Wildman–Crippen MR) is 87.4 cm³/mol. The van der Waals surface area contributed by atoms with Gasteiger partial charge in [-0.05, 0) is 48.8 Å². The fraction of sp³-hybridized carbons (Fsp3) is 0.474. The van der Waals surface area contributed by atoms with Crippen LogP contribution < -0.4 is 0 Å². The fourth-order valence-electron chi connectivity index (χ4n) is 2.27. The smallest absolute Gasteiger partial charge is 0.0230 e. The molecule has 1 rings (SSSR count). The molecule has 0 fully saturated rings. The molecule has 0 aromatic heterocycles. The first-order valence-corrected chi connectivity index (χ1v) is 7.66. The molecule has 0 heteroatoms. The van der Waals surface area contributed by atoms with Crippen LogP contribution in [0.4, 0.5) is 0 Å². The predicted octanol–water partition coefficient (Wildman–Crippen LogP) is 6.18. The molecular weight excluding hydrogens is 228 g/mol. The summed E-state index contributed by atoms with van der Waals surface area (Å²) in [5.41, 5.74) is 4.00. The molecule has 1 aromatic carbocycles. The van der Waals surface area contributed by atoms with E-state index in [1.54, 1.807) is 0 Å². The summed E-state index contributed by atoms with van der Waals surface area (Å²) < 4.78 is 0. The van der Waals surface area contributed by atoms with Crippen LogP contribution in [-0.4, -0.2) is 0 Å². The Bertz CT molecular complexity index is 370. The second-order valence-corrected chi connectivity index (χ2v) is 5.29. The Hall–Kier alpha value is -1.30. The minimum Gasteiger partial charge on any atom is -0.103 e. The van der Waals surface area contributed by atoms with Crippen LogP contribution in [0.5, 0.6) is 0 Å². The highest BCUT2D eigenvalue weighted by Gasteiger charge is 1.99. The van der Waals surface area contributed by atoms with E-state index in [1.165, 1.54) is 48.8 Å². The Morgan fingerprint density at radius 3 is 2.42 bits per heavy atom. The Morgan fingerprint density at radius 1 is 1.05 bits per heavy atom. The molecule has 0 unspecified atom stereocenters. The Morgan fingerprint density at radius 2 is 1.79 bits per heavy atom. The number of rotatable bonds is 10. The molecule has 0 radical (unpaired) electrons.